The summed E-state index contributed by atoms with van der Waals surface area (Å²) >= 11 is 0. The van der Waals surface area contributed by atoms with Crippen LogP contribution in [0.1, 0.15) is 16.9 Å². The summed E-state index contributed by atoms with van der Waals surface area (Å²) in [5.74, 6) is 0.101. The number of benzene rings is 1. The molecular formula is C15H13F6NO2. The fourth-order valence-corrected chi connectivity index (χ4v) is 2.06. The molecule has 24 heavy (non-hydrogen) atoms. The van der Waals surface area contributed by atoms with Gasteiger partial charge in [0, 0.05) is 18.0 Å². The Morgan fingerprint density at radius 3 is 1.96 bits per heavy atom. The van der Waals surface area contributed by atoms with Gasteiger partial charge in [0.15, 0.2) is 0 Å². The Labute approximate surface area is 132 Å². The first kappa shape index (κ1) is 18.3. The van der Waals surface area contributed by atoms with Crippen LogP contribution in [-0.4, -0.2) is 17.8 Å². The predicted octanol–water partition coefficient (Wildman–Crippen LogP) is 3.85. The van der Waals surface area contributed by atoms with Gasteiger partial charge < -0.3 is 15.3 Å². The number of aliphatic hydroxyl groups excluding tert-OH is 1. The van der Waals surface area contributed by atoms with E-state index in [1.165, 1.54) is 12.1 Å². The lowest BCUT2D eigenvalue weighted by Crippen LogP contribution is -2.26. The van der Waals surface area contributed by atoms with Crippen molar-refractivity contribution >= 4 is 0 Å². The van der Waals surface area contributed by atoms with Crippen LogP contribution in [0.2, 0.25) is 0 Å². The lowest BCUT2D eigenvalue weighted by atomic mass is 10.0. The molecule has 2 aromatic rings. The molecule has 0 bridgehead atoms. The van der Waals surface area contributed by atoms with Crippen molar-refractivity contribution < 1.29 is 35.9 Å². The van der Waals surface area contributed by atoms with Crippen LogP contribution in [-0.2, 0) is 18.8 Å². The highest BCUT2D eigenvalue weighted by molar-refractivity contribution is 5.61. The average Bonchev–Trinajstić information content (AvgIpc) is 2.93. The van der Waals surface area contributed by atoms with Gasteiger partial charge in [-0.25, -0.2) is 0 Å². The highest BCUT2D eigenvalue weighted by atomic mass is 19.4. The fourth-order valence-electron chi connectivity index (χ4n) is 2.06. The number of nitrogens with two attached hydrogens (primary N) is 1. The Morgan fingerprint density at radius 1 is 0.958 bits per heavy atom. The molecule has 3 N–H and O–H groups in total. The maximum absolute atomic E-state index is 12.8. The van der Waals surface area contributed by atoms with Gasteiger partial charge in [0.25, 0.3) is 0 Å². The highest BCUT2D eigenvalue weighted by Crippen LogP contribution is 2.38. The third-order valence-corrected chi connectivity index (χ3v) is 3.23. The number of hydrogen-bond donors (Lipinski definition) is 2. The Balaban J connectivity index is 2.46. The van der Waals surface area contributed by atoms with Gasteiger partial charge in [0.2, 0.25) is 0 Å². The van der Waals surface area contributed by atoms with Crippen LogP contribution in [0.3, 0.4) is 0 Å². The van der Waals surface area contributed by atoms with Crippen molar-refractivity contribution in [3.63, 3.8) is 0 Å². The van der Waals surface area contributed by atoms with Crippen LogP contribution in [0.15, 0.2) is 34.7 Å². The summed E-state index contributed by atoms with van der Waals surface area (Å²) in [6.07, 6.45) is -9.75. The van der Waals surface area contributed by atoms with E-state index in [9.17, 15) is 26.3 Å². The van der Waals surface area contributed by atoms with Crippen molar-refractivity contribution in [1.29, 1.82) is 0 Å². The zero-order valence-corrected chi connectivity index (χ0v) is 12.1. The lowest BCUT2D eigenvalue weighted by molar-refractivity contribution is -0.143. The third-order valence-electron chi connectivity index (χ3n) is 3.23. The first-order valence-corrected chi connectivity index (χ1v) is 6.75. The maximum atomic E-state index is 12.8. The molecule has 0 saturated heterocycles. The molecule has 0 fully saturated rings. The first-order valence-electron chi connectivity index (χ1n) is 6.75. The van der Waals surface area contributed by atoms with E-state index in [0.29, 0.717) is 12.1 Å². The topological polar surface area (TPSA) is 59.4 Å². The average molecular weight is 353 g/mol. The SMILES string of the molecule is NC(CO)Cc1ccc(-c2cc(C(F)(F)F)cc(C(F)(F)F)c2)o1. The second-order valence-corrected chi connectivity index (χ2v) is 5.21. The van der Waals surface area contributed by atoms with E-state index >= 15 is 0 Å². The van der Waals surface area contributed by atoms with Crippen LogP contribution in [0, 0.1) is 0 Å². The smallest absolute Gasteiger partial charge is 0.416 e. The van der Waals surface area contributed by atoms with Gasteiger partial charge in [-0.2, -0.15) is 26.3 Å². The molecule has 0 aliphatic rings. The van der Waals surface area contributed by atoms with E-state index in [4.69, 9.17) is 15.3 Å². The molecule has 1 aromatic heterocycles. The summed E-state index contributed by atoms with van der Waals surface area (Å²) < 4.78 is 82.2. The molecule has 9 heteroatoms. The maximum Gasteiger partial charge on any atom is 0.416 e. The van der Waals surface area contributed by atoms with Crippen molar-refractivity contribution in [2.75, 3.05) is 6.61 Å². The van der Waals surface area contributed by atoms with Crippen LogP contribution >= 0.6 is 0 Å². The van der Waals surface area contributed by atoms with Crippen molar-refractivity contribution in [2.45, 2.75) is 24.8 Å². The summed E-state index contributed by atoms with van der Waals surface area (Å²) in [6.45, 7) is -0.336. The largest absolute Gasteiger partial charge is 0.461 e. The van der Waals surface area contributed by atoms with E-state index in [0.717, 1.165) is 0 Å². The number of rotatable bonds is 4. The van der Waals surface area contributed by atoms with Gasteiger partial charge in [-0.3, -0.25) is 0 Å². The van der Waals surface area contributed by atoms with Crippen LogP contribution < -0.4 is 5.73 Å². The van der Waals surface area contributed by atoms with Gasteiger partial charge in [-0.1, -0.05) is 0 Å². The molecule has 0 saturated carbocycles. The minimum Gasteiger partial charge on any atom is -0.461 e. The summed E-state index contributed by atoms with van der Waals surface area (Å²) in [4.78, 5) is 0. The standard InChI is InChI=1S/C15H13F6NO2/c16-14(17,18)9-3-8(4-10(5-9)15(19,20)21)13-2-1-12(24-13)6-11(22)7-23/h1-5,11,23H,6-7,22H2. The molecule has 0 radical (unpaired) electrons. The van der Waals surface area contributed by atoms with Crippen LogP contribution in [0.25, 0.3) is 11.3 Å². The normalized spacial score (nSPS) is 14.0. The van der Waals surface area contributed by atoms with E-state index in [-0.39, 0.29) is 36.2 Å². The highest BCUT2D eigenvalue weighted by Gasteiger charge is 2.37. The fraction of sp³-hybridized carbons (Fsp3) is 0.333. The van der Waals surface area contributed by atoms with Crippen LogP contribution in [0.4, 0.5) is 26.3 Å². The minimum atomic E-state index is -4.93. The Kier molecular flexibility index (Phi) is 4.95. The van der Waals surface area contributed by atoms with Crippen molar-refractivity contribution in [1.82, 2.24) is 0 Å². The van der Waals surface area contributed by atoms with Crippen molar-refractivity contribution in [3.8, 4) is 11.3 Å². The Hall–Kier alpha value is -2.00. The quantitative estimate of drug-likeness (QED) is 0.821. The predicted molar refractivity (Wildman–Crippen MR) is 72.9 cm³/mol. The molecule has 3 nitrogen and oxygen atoms in total. The zero-order chi connectivity index (χ0) is 18.1. The molecule has 1 atom stereocenters. The summed E-state index contributed by atoms with van der Waals surface area (Å²) in [7, 11) is 0. The van der Waals surface area contributed by atoms with E-state index in [1.807, 2.05) is 0 Å². The Morgan fingerprint density at radius 2 is 1.50 bits per heavy atom. The number of aliphatic hydroxyl groups is 1. The number of halogens is 6. The molecular weight excluding hydrogens is 340 g/mol. The minimum absolute atomic E-state index is 0.0506. The second kappa shape index (κ2) is 6.48. The molecule has 0 aliphatic carbocycles. The number of furan rings is 1. The molecule has 132 valence electrons. The molecule has 1 aromatic carbocycles. The monoisotopic (exact) mass is 353 g/mol. The lowest BCUT2D eigenvalue weighted by Gasteiger charge is -2.13. The summed E-state index contributed by atoms with van der Waals surface area (Å²) in [6, 6.07) is 3.23. The first-order chi connectivity index (χ1) is 11.0. The number of hydrogen-bond acceptors (Lipinski definition) is 3. The van der Waals surface area contributed by atoms with Gasteiger partial charge in [-0.15, -0.1) is 0 Å². The molecule has 1 heterocycles. The van der Waals surface area contributed by atoms with E-state index < -0.39 is 29.5 Å². The molecule has 0 aliphatic heterocycles. The van der Waals surface area contributed by atoms with Crippen molar-refractivity contribution in [3.05, 3.63) is 47.2 Å². The van der Waals surface area contributed by atoms with Gasteiger partial charge >= 0.3 is 12.4 Å². The molecule has 0 amide bonds. The van der Waals surface area contributed by atoms with Gasteiger partial charge in [-0.05, 0) is 30.3 Å². The van der Waals surface area contributed by atoms with E-state index in [2.05, 4.69) is 0 Å². The van der Waals surface area contributed by atoms with E-state index in [1.54, 1.807) is 0 Å². The van der Waals surface area contributed by atoms with Gasteiger partial charge in [0.05, 0.1) is 17.7 Å². The van der Waals surface area contributed by atoms with Crippen LogP contribution in [0.5, 0.6) is 0 Å². The second-order valence-electron chi connectivity index (χ2n) is 5.21. The van der Waals surface area contributed by atoms with Crippen molar-refractivity contribution in [2.24, 2.45) is 5.73 Å². The third kappa shape index (κ3) is 4.30. The molecule has 0 spiro atoms. The number of alkyl halides is 6. The van der Waals surface area contributed by atoms with Gasteiger partial charge in [0.1, 0.15) is 11.5 Å². The summed E-state index contributed by atoms with van der Waals surface area (Å²) in [5.41, 5.74) is 2.32. The molecule has 2 rings (SSSR count). The summed E-state index contributed by atoms with van der Waals surface area (Å²) in [5, 5.41) is 8.86. The molecule has 1 unspecified atom stereocenters. The zero-order valence-electron chi connectivity index (χ0n) is 12.1. The Bertz CT molecular complexity index is 672.